The average Bonchev–Trinajstić information content (AvgIpc) is 2.49. The summed E-state index contributed by atoms with van der Waals surface area (Å²) in [6, 6.07) is 9.25. The molecule has 0 spiro atoms. The topological polar surface area (TPSA) is 3.24 Å². The molecular weight excluding hydrogens is 230 g/mol. The van der Waals surface area contributed by atoms with Crippen LogP contribution in [0.2, 0.25) is 0 Å². The highest BCUT2D eigenvalue weighted by Crippen LogP contribution is 2.27. The Bertz CT molecular complexity index is 344. The number of anilines is 1. The second kappa shape index (κ2) is 7.57. The first-order valence-electron chi connectivity index (χ1n) is 8.17. The van der Waals surface area contributed by atoms with Crippen LogP contribution < -0.4 is 4.90 Å². The van der Waals surface area contributed by atoms with Crippen LogP contribution in [0.25, 0.3) is 0 Å². The number of aryl methyl sites for hydroxylation is 1. The van der Waals surface area contributed by atoms with Crippen LogP contribution in [-0.2, 0) is 6.42 Å². The minimum absolute atomic E-state index is 0.996. The Morgan fingerprint density at radius 2 is 1.58 bits per heavy atom. The molecule has 0 heterocycles. The summed E-state index contributed by atoms with van der Waals surface area (Å²) in [5.41, 5.74) is 2.88. The van der Waals surface area contributed by atoms with Crippen LogP contribution in [0.3, 0.4) is 0 Å². The maximum atomic E-state index is 2.41. The molecule has 1 saturated carbocycles. The van der Waals surface area contributed by atoms with Gasteiger partial charge in [0.2, 0.25) is 0 Å². The molecule has 1 aliphatic rings. The molecule has 1 nitrogen and oxygen atoms in total. The molecule has 0 unspecified atom stereocenters. The summed E-state index contributed by atoms with van der Waals surface area (Å²) in [6.45, 7) is 6.64. The third-order valence-corrected chi connectivity index (χ3v) is 4.63. The molecule has 2 rings (SSSR count). The van der Waals surface area contributed by atoms with Gasteiger partial charge in [0.25, 0.3) is 0 Å². The van der Waals surface area contributed by atoms with Crippen molar-refractivity contribution in [2.45, 2.75) is 58.8 Å². The van der Waals surface area contributed by atoms with E-state index in [0.29, 0.717) is 0 Å². The number of hydrogen-bond donors (Lipinski definition) is 0. The van der Waals surface area contributed by atoms with E-state index in [-0.39, 0.29) is 0 Å². The Labute approximate surface area is 119 Å². The van der Waals surface area contributed by atoms with Gasteiger partial charge in [-0.15, -0.1) is 0 Å². The predicted molar refractivity (Wildman–Crippen MR) is 84.9 cm³/mol. The Kier molecular flexibility index (Phi) is 5.75. The second-order valence-corrected chi connectivity index (χ2v) is 5.88. The Balaban J connectivity index is 1.84. The van der Waals surface area contributed by atoms with Crippen LogP contribution in [0.15, 0.2) is 24.3 Å². The molecule has 0 amide bonds. The highest BCUT2D eigenvalue weighted by atomic mass is 15.1. The van der Waals surface area contributed by atoms with Crippen molar-refractivity contribution < 1.29 is 0 Å². The van der Waals surface area contributed by atoms with Crippen LogP contribution in [-0.4, -0.2) is 13.1 Å². The molecule has 1 aromatic rings. The fourth-order valence-electron chi connectivity index (χ4n) is 3.31. The van der Waals surface area contributed by atoms with E-state index in [2.05, 4.69) is 43.0 Å². The van der Waals surface area contributed by atoms with Crippen LogP contribution in [0.5, 0.6) is 0 Å². The number of hydrogen-bond acceptors (Lipinski definition) is 1. The molecule has 1 fully saturated rings. The highest BCUT2D eigenvalue weighted by molar-refractivity contribution is 5.47. The normalized spacial score (nSPS) is 16.5. The second-order valence-electron chi connectivity index (χ2n) is 5.88. The first kappa shape index (κ1) is 14.4. The SMILES string of the molecule is CCN(CC)c1ccc(CCC2CCCCC2)cc1. The van der Waals surface area contributed by atoms with Crippen molar-refractivity contribution in [1.29, 1.82) is 0 Å². The van der Waals surface area contributed by atoms with Crippen molar-refractivity contribution in [3.63, 3.8) is 0 Å². The predicted octanol–water partition coefficient (Wildman–Crippen LogP) is 5.05. The van der Waals surface area contributed by atoms with Crippen LogP contribution in [0.1, 0.15) is 57.9 Å². The average molecular weight is 259 g/mol. The van der Waals surface area contributed by atoms with Crippen molar-refractivity contribution in [1.82, 2.24) is 0 Å². The summed E-state index contributed by atoms with van der Waals surface area (Å²) in [4.78, 5) is 2.41. The van der Waals surface area contributed by atoms with E-state index in [4.69, 9.17) is 0 Å². The molecular formula is C18H29N. The van der Waals surface area contributed by atoms with E-state index < -0.39 is 0 Å². The fourth-order valence-corrected chi connectivity index (χ4v) is 3.31. The fraction of sp³-hybridized carbons (Fsp3) is 0.667. The molecule has 1 aliphatic carbocycles. The third kappa shape index (κ3) is 4.26. The van der Waals surface area contributed by atoms with Gasteiger partial charge in [0.05, 0.1) is 0 Å². The summed E-state index contributed by atoms with van der Waals surface area (Å²) in [5, 5.41) is 0. The summed E-state index contributed by atoms with van der Waals surface area (Å²) in [7, 11) is 0. The summed E-state index contributed by atoms with van der Waals surface area (Å²) < 4.78 is 0. The van der Waals surface area contributed by atoms with Crippen molar-refractivity contribution >= 4 is 5.69 Å². The van der Waals surface area contributed by atoms with Gasteiger partial charge in [-0.1, -0.05) is 44.2 Å². The van der Waals surface area contributed by atoms with Gasteiger partial charge in [-0.25, -0.2) is 0 Å². The van der Waals surface area contributed by atoms with Gasteiger partial charge < -0.3 is 4.90 Å². The van der Waals surface area contributed by atoms with E-state index in [1.807, 2.05) is 0 Å². The molecule has 0 saturated heterocycles. The van der Waals surface area contributed by atoms with E-state index in [0.717, 1.165) is 19.0 Å². The zero-order valence-corrected chi connectivity index (χ0v) is 12.7. The quantitative estimate of drug-likeness (QED) is 0.691. The number of nitrogens with zero attached hydrogens (tertiary/aromatic N) is 1. The molecule has 0 aliphatic heterocycles. The van der Waals surface area contributed by atoms with Gasteiger partial charge >= 0.3 is 0 Å². The van der Waals surface area contributed by atoms with Crippen LogP contribution >= 0.6 is 0 Å². The molecule has 0 bridgehead atoms. The van der Waals surface area contributed by atoms with Gasteiger partial charge in [-0.3, -0.25) is 0 Å². The monoisotopic (exact) mass is 259 g/mol. The van der Waals surface area contributed by atoms with Gasteiger partial charge in [-0.05, 0) is 50.3 Å². The molecule has 0 aromatic heterocycles. The molecule has 19 heavy (non-hydrogen) atoms. The van der Waals surface area contributed by atoms with Crippen molar-refractivity contribution in [3.05, 3.63) is 29.8 Å². The lowest BCUT2D eigenvalue weighted by Crippen LogP contribution is -2.21. The first-order chi connectivity index (χ1) is 9.33. The van der Waals surface area contributed by atoms with Crippen LogP contribution in [0.4, 0.5) is 5.69 Å². The Hall–Kier alpha value is -0.980. The number of benzene rings is 1. The Morgan fingerprint density at radius 3 is 2.16 bits per heavy atom. The molecule has 0 N–H and O–H groups in total. The molecule has 1 heteroatoms. The molecule has 1 aromatic carbocycles. The maximum absolute atomic E-state index is 2.41. The summed E-state index contributed by atoms with van der Waals surface area (Å²) >= 11 is 0. The first-order valence-corrected chi connectivity index (χ1v) is 8.17. The molecule has 0 atom stereocenters. The largest absolute Gasteiger partial charge is 0.372 e. The van der Waals surface area contributed by atoms with Gasteiger partial charge in [0, 0.05) is 18.8 Å². The van der Waals surface area contributed by atoms with E-state index in [1.54, 1.807) is 0 Å². The van der Waals surface area contributed by atoms with Gasteiger partial charge in [0.15, 0.2) is 0 Å². The molecule has 0 radical (unpaired) electrons. The Morgan fingerprint density at radius 1 is 0.947 bits per heavy atom. The van der Waals surface area contributed by atoms with Crippen LogP contribution in [0, 0.1) is 5.92 Å². The molecule has 106 valence electrons. The smallest absolute Gasteiger partial charge is 0.0366 e. The van der Waals surface area contributed by atoms with Crippen molar-refractivity contribution in [2.24, 2.45) is 5.92 Å². The van der Waals surface area contributed by atoms with Crippen molar-refractivity contribution in [2.75, 3.05) is 18.0 Å². The van der Waals surface area contributed by atoms with Gasteiger partial charge in [-0.2, -0.15) is 0 Å². The highest BCUT2D eigenvalue weighted by Gasteiger charge is 2.13. The zero-order valence-electron chi connectivity index (χ0n) is 12.7. The lowest BCUT2D eigenvalue weighted by Gasteiger charge is -2.22. The minimum Gasteiger partial charge on any atom is -0.372 e. The summed E-state index contributed by atoms with van der Waals surface area (Å²) in [5.74, 6) is 0.996. The zero-order chi connectivity index (χ0) is 13.5. The third-order valence-electron chi connectivity index (χ3n) is 4.63. The maximum Gasteiger partial charge on any atom is 0.0366 e. The van der Waals surface area contributed by atoms with Gasteiger partial charge in [0.1, 0.15) is 0 Å². The van der Waals surface area contributed by atoms with E-state index in [9.17, 15) is 0 Å². The van der Waals surface area contributed by atoms with Crippen molar-refractivity contribution in [3.8, 4) is 0 Å². The standard InChI is InChI=1S/C18H29N/c1-3-19(4-2)18-14-12-17(13-15-18)11-10-16-8-6-5-7-9-16/h12-16H,3-11H2,1-2H3. The van der Waals surface area contributed by atoms with E-state index in [1.165, 1.54) is 56.2 Å². The van der Waals surface area contributed by atoms with E-state index >= 15 is 0 Å². The minimum atomic E-state index is 0.996. The summed E-state index contributed by atoms with van der Waals surface area (Å²) in [6.07, 6.45) is 10.00. The lowest BCUT2D eigenvalue weighted by atomic mass is 9.85. The number of rotatable bonds is 6. The lowest BCUT2D eigenvalue weighted by molar-refractivity contribution is 0.339.